The lowest BCUT2D eigenvalue weighted by molar-refractivity contribution is -0.118. The summed E-state index contributed by atoms with van der Waals surface area (Å²) in [6.45, 7) is 4.27. The topological polar surface area (TPSA) is 97.1 Å². The van der Waals surface area contributed by atoms with Gasteiger partial charge in [0.25, 0.3) is 5.91 Å². The Labute approximate surface area is 147 Å². The molecule has 0 radical (unpaired) electrons. The van der Waals surface area contributed by atoms with Crippen LogP contribution in [0, 0.1) is 5.92 Å². The van der Waals surface area contributed by atoms with Crippen LogP contribution in [0.3, 0.4) is 0 Å². The molecule has 0 spiro atoms. The Morgan fingerprint density at radius 1 is 1.20 bits per heavy atom. The van der Waals surface area contributed by atoms with E-state index in [4.69, 9.17) is 5.73 Å². The van der Waals surface area contributed by atoms with Crippen LogP contribution in [0.2, 0.25) is 0 Å². The summed E-state index contributed by atoms with van der Waals surface area (Å²) >= 11 is 0. The zero-order chi connectivity index (χ0) is 18.2. The van der Waals surface area contributed by atoms with Crippen LogP contribution in [-0.2, 0) is 11.3 Å². The van der Waals surface area contributed by atoms with Gasteiger partial charge in [-0.3, -0.25) is 14.6 Å². The van der Waals surface area contributed by atoms with E-state index in [1.165, 1.54) is 0 Å². The third-order valence-corrected chi connectivity index (χ3v) is 4.11. The summed E-state index contributed by atoms with van der Waals surface area (Å²) < 4.78 is 0. The molecule has 1 aromatic carbocycles. The Morgan fingerprint density at radius 3 is 2.68 bits per heavy atom. The Hall–Kier alpha value is -2.73. The Morgan fingerprint density at radius 2 is 2.00 bits per heavy atom. The minimum atomic E-state index is -0.577. The molecule has 2 atom stereocenters. The summed E-state index contributed by atoms with van der Waals surface area (Å²) in [5, 5.41) is 5.58. The molecule has 0 saturated heterocycles. The Balaban J connectivity index is 1.98. The lowest BCUT2D eigenvalue weighted by Gasteiger charge is -2.18. The number of nitrogens with two attached hydrogens (primary N) is 1. The molecule has 132 valence electrons. The zero-order valence-corrected chi connectivity index (χ0v) is 14.5. The minimum absolute atomic E-state index is 0.0878. The first-order valence-electron chi connectivity index (χ1n) is 8.36. The molecule has 4 N–H and O–H groups in total. The van der Waals surface area contributed by atoms with Crippen LogP contribution in [-0.4, -0.2) is 22.8 Å². The number of aromatic nitrogens is 1. The van der Waals surface area contributed by atoms with Gasteiger partial charge in [-0.05, 0) is 36.2 Å². The number of pyridine rings is 1. The summed E-state index contributed by atoms with van der Waals surface area (Å²) in [4.78, 5) is 28.6. The van der Waals surface area contributed by atoms with E-state index in [1.807, 2.05) is 32.0 Å². The van der Waals surface area contributed by atoms with Crippen LogP contribution >= 0.6 is 0 Å². The van der Waals surface area contributed by atoms with Crippen molar-refractivity contribution in [3.05, 3.63) is 59.9 Å². The molecule has 0 bridgehead atoms. The number of benzene rings is 1. The van der Waals surface area contributed by atoms with Gasteiger partial charge in [-0.25, -0.2) is 0 Å². The van der Waals surface area contributed by atoms with Gasteiger partial charge in [0.2, 0.25) is 5.91 Å². The predicted octanol–water partition coefficient (Wildman–Crippen LogP) is 2.32. The highest BCUT2D eigenvalue weighted by atomic mass is 16.2. The Kier molecular flexibility index (Phi) is 6.65. The number of hydrogen-bond acceptors (Lipinski definition) is 4. The van der Waals surface area contributed by atoms with Gasteiger partial charge in [-0.15, -0.1) is 0 Å². The third kappa shape index (κ3) is 5.39. The molecule has 6 heteroatoms. The number of anilines is 1. The fraction of sp³-hybridized carbons (Fsp3) is 0.316. The molecule has 0 aliphatic heterocycles. The lowest BCUT2D eigenvalue weighted by Crippen LogP contribution is -2.40. The average molecular weight is 340 g/mol. The highest BCUT2D eigenvalue weighted by molar-refractivity contribution is 5.98. The van der Waals surface area contributed by atoms with Crippen molar-refractivity contribution in [3.8, 4) is 0 Å². The molecule has 1 heterocycles. The van der Waals surface area contributed by atoms with E-state index in [2.05, 4.69) is 15.6 Å². The van der Waals surface area contributed by atoms with Crippen molar-refractivity contribution >= 4 is 17.5 Å². The van der Waals surface area contributed by atoms with E-state index in [0.29, 0.717) is 17.8 Å². The normalized spacial score (nSPS) is 12.9. The van der Waals surface area contributed by atoms with Gasteiger partial charge < -0.3 is 16.4 Å². The molecule has 0 aliphatic rings. The van der Waals surface area contributed by atoms with Gasteiger partial charge in [0.15, 0.2) is 0 Å². The second kappa shape index (κ2) is 8.94. The Bertz CT molecular complexity index is 718. The van der Waals surface area contributed by atoms with E-state index < -0.39 is 6.04 Å². The molecule has 2 rings (SSSR count). The molecule has 2 unspecified atom stereocenters. The maximum Gasteiger partial charge on any atom is 0.251 e. The molecule has 25 heavy (non-hydrogen) atoms. The number of carbonyl (C=O) groups excluding carboxylic acids is 2. The van der Waals surface area contributed by atoms with Crippen molar-refractivity contribution < 1.29 is 9.59 Å². The largest absolute Gasteiger partial charge is 0.346 e. The summed E-state index contributed by atoms with van der Waals surface area (Å²) in [5.74, 6) is -0.391. The number of nitrogens with zero attached hydrogens (tertiary/aromatic N) is 1. The molecule has 2 amide bonds. The van der Waals surface area contributed by atoms with E-state index in [9.17, 15) is 9.59 Å². The lowest BCUT2D eigenvalue weighted by atomic mass is 9.99. The SMILES string of the molecule is CCC(C)C(N)C(=O)Nc1cccc(C(=O)NCc2ccccn2)c1. The van der Waals surface area contributed by atoms with Crippen molar-refractivity contribution in [1.29, 1.82) is 0 Å². The van der Waals surface area contributed by atoms with Crippen molar-refractivity contribution in [2.24, 2.45) is 11.7 Å². The van der Waals surface area contributed by atoms with Gasteiger partial charge in [0.05, 0.1) is 18.3 Å². The third-order valence-electron chi connectivity index (χ3n) is 4.11. The van der Waals surface area contributed by atoms with E-state index in [-0.39, 0.29) is 17.7 Å². The predicted molar refractivity (Wildman–Crippen MR) is 97.9 cm³/mol. The van der Waals surface area contributed by atoms with Gasteiger partial charge in [-0.2, -0.15) is 0 Å². The summed E-state index contributed by atoms with van der Waals surface area (Å²) in [6.07, 6.45) is 2.50. The van der Waals surface area contributed by atoms with Gasteiger partial charge in [-0.1, -0.05) is 32.4 Å². The molecule has 6 nitrogen and oxygen atoms in total. The summed E-state index contributed by atoms with van der Waals surface area (Å²) in [7, 11) is 0. The van der Waals surface area contributed by atoms with Crippen LogP contribution in [0.15, 0.2) is 48.7 Å². The quantitative estimate of drug-likeness (QED) is 0.720. The first-order chi connectivity index (χ1) is 12.0. The fourth-order valence-corrected chi connectivity index (χ4v) is 2.25. The molecular weight excluding hydrogens is 316 g/mol. The van der Waals surface area contributed by atoms with Gasteiger partial charge in [0.1, 0.15) is 0 Å². The summed E-state index contributed by atoms with van der Waals surface area (Å²) in [5.41, 5.74) is 7.72. The maximum atomic E-state index is 12.3. The average Bonchev–Trinajstić information content (AvgIpc) is 2.65. The van der Waals surface area contributed by atoms with Crippen LogP contribution in [0.4, 0.5) is 5.69 Å². The van der Waals surface area contributed by atoms with Crippen LogP contribution in [0.25, 0.3) is 0 Å². The highest BCUT2D eigenvalue weighted by Gasteiger charge is 2.19. The maximum absolute atomic E-state index is 12.3. The standard InChI is InChI=1S/C19H24N4O2/c1-3-13(2)17(20)19(25)23-15-9-6-7-14(11-15)18(24)22-12-16-8-4-5-10-21-16/h4-11,13,17H,3,12,20H2,1-2H3,(H,22,24)(H,23,25). The van der Waals surface area contributed by atoms with E-state index in [0.717, 1.165) is 12.1 Å². The van der Waals surface area contributed by atoms with Crippen molar-refractivity contribution in [1.82, 2.24) is 10.3 Å². The van der Waals surface area contributed by atoms with Crippen LogP contribution in [0.5, 0.6) is 0 Å². The summed E-state index contributed by atoms with van der Waals surface area (Å²) in [6, 6.07) is 11.7. The first-order valence-corrected chi connectivity index (χ1v) is 8.36. The van der Waals surface area contributed by atoms with Crippen molar-refractivity contribution in [3.63, 3.8) is 0 Å². The second-order valence-electron chi connectivity index (χ2n) is 5.99. The number of rotatable bonds is 7. The number of hydrogen-bond donors (Lipinski definition) is 3. The molecule has 2 aromatic rings. The van der Waals surface area contributed by atoms with Crippen LogP contribution < -0.4 is 16.4 Å². The molecular formula is C19H24N4O2. The number of nitrogens with one attached hydrogen (secondary N) is 2. The fourth-order valence-electron chi connectivity index (χ4n) is 2.25. The van der Waals surface area contributed by atoms with Crippen LogP contribution in [0.1, 0.15) is 36.3 Å². The van der Waals surface area contributed by atoms with E-state index >= 15 is 0 Å². The zero-order valence-electron chi connectivity index (χ0n) is 14.5. The van der Waals surface area contributed by atoms with Gasteiger partial charge >= 0.3 is 0 Å². The smallest absolute Gasteiger partial charge is 0.251 e. The van der Waals surface area contributed by atoms with E-state index in [1.54, 1.807) is 30.5 Å². The number of carbonyl (C=O) groups is 2. The van der Waals surface area contributed by atoms with Crippen molar-refractivity contribution in [2.45, 2.75) is 32.9 Å². The second-order valence-corrected chi connectivity index (χ2v) is 5.99. The first kappa shape index (κ1) is 18.6. The van der Waals surface area contributed by atoms with Gasteiger partial charge in [0, 0.05) is 17.4 Å². The molecule has 1 aromatic heterocycles. The monoisotopic (exact) mass is 340 g/mol. The molecule has 0 fully saturated rings. The highest BCUT2D eigenvalue weighted by Crippen LogP contribution is 2.13. The molecule has 0 aliphatic carbocycles. The molecule has 0 saturated carbocycles. The number of amides is 2. The van der Waals surface area contributed by atoms with Crippen molar-refractivity contribution in [2.75, 3.05) is 5.32 Å². The minimum Gasteiger partial charge on any atom is -0.346 e.